The van der Waals surface area contributed by atoms with E-state index in [4.69, 9.17) is 0 Å². The van der Waals surface area contributed by atoms with Gasteiger partial charge in [0, 0.05) is 43.9 Å². The van der Waals surface area contributed by atoms with E-state index in [1.165, 1.54) is 12.4 Å². The van der Waals surface area contributed by atoms with Crippen LogP contribution in [-0.2, 0) is 23.6 Å². The molecule has 0 aromatic carbocycles. The van der Waals surface area contributed by atoms with E-state index in [1.807, 2.05) is 20.9 Å². The van der Waals surface area contributed by atoms with Crippen molar-refractivity contribution in [1.29, 1.82) is 0 Å². The maximum absolute atomic E-state index is 12.3. The van der Waals surface area contributed by atoms with Gasteiger partial charge in [0.1, 0.15) is 4.90 Å². The molecule has 0 aliphatic carbocycles. The van der Waals surface area contributed by atoms with E-state index in [-0.39, 0.29) is 10.8 Å². The summed E-state index contributed by atoms with van der Waals surface area (Å²) in [7, 11) is -1.86. The standard InChI is InChI=1S/C13H19N5O2S/c1-10(2)16-8-11-7-12(9-18(11)3)21(19,20)17-13-14-5-4-6-15-13/h4-7,9-10,16H,8H2,1-3H3,(H,14,15,17). The Hall–Kier alpha value is -1.93. The molecule has 7 nitrogen and oxygen atoms in total. The maximum atomic E-state index is 12.3. The van der Waals surface area contributed by atoms with Crippen LogP contribution in [0.2, 0.25) is 0 Å². The Bertz CT molecular complexity index is 695. The van der Waals surface area contributed by atoms with Gasteiger partial charge in [0.2, 0.25) is 5.95 Å². The topological polar surface area (TPSA) is 88.9 Å². The zero-order valence-corrected chi connectivity index (χ0v) is 13.1. The van der Waals surface area contributed by atoms with E-state index in [1.54, 1.807) is 22.9 Å². The van der Waals surface area contributed by atoms with Crippen molar-refractivity contribution in [3.05, 3.63) is 36.4 Å². The number of sulfonamides is 1. The molecule has 0 atom stereocenters. The summed E-state index contributed by atoms with van der Waals surface area (Å²) in [6.45, 7) is 4.68. The largest absolute Gasteiger partial charge is 0.352 e. The molecule has 0 radical (unpaired) electrons. The number of aromatic nitrogens is 3. The highest BCUT2D eigenvalue weighted by molar-refractivity contribution is 7.92. The van der Waals surface area contributed by atoms with Crippen LogP contribution in [0.1, 0.15) is 19.5 Å². The van der Waals surface area contributed by atoms with E-state index in [9.17, 15) is 8.42 Å². The van der Waals surface area contributed by atoms with Gasteiger partial charge in [-0.1, -0.05) is 13.8 Å². The zero-order valence-electron chi connectivity index (χ0n) is 12.2. The molecule has 0 saturated heterocycles. The van der Waals surface area contributed by atoms with Crippen molar-refractivity contribution in [3.63, 3.8) is 0 Å². The first-order chi connectivity index (χ1) is 9.88. The third-order valence-electron chi connectivity index (χ3n) is 2.88. The Morgan fingerprint density at radius 2 is 1.95 bits per heavy atom. The smallest absolute Gasteiger partial charge is 0.265 e. The van der Waals surface area contributed by atoms with Gasteiger partial charge >= 0.3 is 0 Å². The Morgan fingerprint density at radius 3 is 2.57 bits per heavy atom. The molecule has 8 heteroatoms. The highest BCUT2D eigenvalue weighted by Gasteiger charge is 2.18. The summed E-state index contributed by atoms with van der Waals surface area (Å²) >= 11 is 0. The van der Waals surface area contributed by atoms with Crippen LogP contribution >= 0.6 is 0 Å². The SMILES string of the molecule is CC(C)NCc1cc(S(=O)(=O)Nc2ncccn2)cn1C. The van der Waals surface area contributed by atoms with Crippen molar-refractivity contribution in [3.8, 4) is 0 Å². The highest BCUT2D eigenvalue weighted by Crippen LogP contribution is 2.16. The molecule has 0 unspecified atom stereocenters. The summed E-state index contributed by atoms with van der Waals surface area (Å²) in [6, 6.07) is 3.59. The summed E-state index contributed by atoms with van der Waals surface area (Å²) in [6.07, 6.45) is 4.53. The minimum absolute atomic E-state index is 0.0585. The predicted octanol–water partition coefficient (Wildman–Crippen LogP) is 1.11. The summed E-state index contributed by atoms with van der Waals surface area (Å²) in [4.78, 5) is 7.91. The Kier molecular flexibility index (Phi) is 4.59. The highest BCUT2D eigenvalue weighted by atomic mass is 32.2. The van der Waals surface area contributed by atoms with Crippen LogP contribution in [0.15, 0.2) is 35.6 Å². The second-order valence-corrected chi connectivity index (χ2v) is 6.67. The van der Waals surface area contributed by atoms with Crippen LogP contribution in [0.3, 0.4) is 0 Å². The molecule has 21 heavy (non-hydrogen) atoms. The fourth-order valence-electron chi connectivity index (χ4n) is 1.74. The van der Waals surface area contributed by atoms with E-state index >= 15 is 0 Å². The summed E-state index contributed by atoms with van der Waals surface area (Å²) in [5.41, 5.74) is 0.887. The molecule has 2 heterocycles. The molecule has 0 fully saturated rings. The predicted molar refractivity (Wildman–Crippen MR) is 80.2 cm³/mol. The molecule has 0 aliphatic heterocycles. The normalized spacial score (nSPS) is 11.8. The first kappa shape index (κ1) is 15.5. The van der Waals surface area contributed by atoms with Crippen LogP contribution < -0.4 is 10.0 Å². The lowest BCUT2D eigenvalue weighted by Gasteiger charge is -2.08. The van der Waals surface area contributed by atoms with E-state index in [0.29, 0.717) is 12.6 Å². The minimum Gasteiger partial charge on any atom is -0.352 e. The van der Waals surface area contributed by atoms with Gasteiger partial charge in [-0.25, -0.2) is 23.1 Å². The molecule has 2 rings (SSSR count). The van der Waals surface area contributed by atoms with Gasteiger partial charge in [0.05, 0.1) is 0 Å². The number of rotatable bonds is 6. The number of nitrogens with one attached hydrogen (secondary N) is 2. The van der Waals surface area contributed by atoms with Gasteiger partial charge in [0.15, 0.2) is 0 Å². The second kappa shape index (κ2) is 6.23. The lowest BCUT2D eigenvalue weighted by molar-refractivity contribution is 0.571. The molecule has 0 amide bonds. The maximum Gasteiger partial charge on any atom is 0.265 e. The van der Waals surface area contributed by atoms with Crippen LogP contribution in [0.25, 0.3) is 0 Å². The molecular formula is C13H19N5O2S. The van der Waals surface area contributed by atoms with Crippen molar-refractivity contribution in [2.24, 2.45) is 7.05 Å². The molecule has 0 saturated carbocycles. The number of nitrogens with zero attached hydrogens (tertiary/aromatic N) is 3. The lowest BCUT2D eigenvalue weighted by atomic mass is 10.3. The monoisotopic (exact) mass is 309 g/mol. The molecule has 2 aromatic rings. The number of hydrogen-bond acceptors (Lipinski definition) is 5. The molecule has 0 aliphatic rings. The minimum atomic E-state index is -3.68. The van der Waals surface area contributed by atoms with Gasteiger partial charge in [-0.15, -0.1) is 0 Å². The Balaban J connectivity index is 2.19. The third-order valence-corrected chi connectivity index (χ3v) is 4.17. The van der Waals surface area contributed by atoms with Crippen LogP contribution in [0, 0.1) is 0 Å². The van der Waals surface area contributed by atoms with E-state index in [0.717, 1.165) is 5.69 Å². The Labute approximate surface area is 124 Å². The molecule has 2 aromatic heterocycles. The molecule has 0 spiro atoms. The number of hydrogen-bond donors (Lipinski definition) is 2. The average Bonchev–Trinajstić information content (AvgIpc) is 2.79. The van der Waals surface area contributed by atoms with Crippen molar-refractivity contribution >= 4 is 16.0 Å². The summed E-state index contributed by atoms with van der Waals surface area (Å²) in [5, 5.41) is 3.26. The van der Waals surface area contributed by atoms with Gasteiger partial charge < -0.3 is 9.88 Å². The number of anilines is 1. The second-order valence-electron chi connectivity index (χ2n) is 4.99. The fourth-order valence-corrected chi connectivity index (χ4v) is 2.79. The fraction of sp³-hybridized carbons (Fsp3) is 0.385. The van der Waals surface area contributed by atoms with E-state index in [2.05, 4.69) is 20.0 Å². The van der Waals surface area contributed by atoms with Gasteiger partial charge in [-0.05, 0) is 12.1 Å². The molecule has 0 bridgehead atoms. The van der Waals surface area contributed by atoms with Crippen LogP contribution in [0.5, 0.6) is 0 Å². The van der Waals surface area contributed by atoms with Crippen molar-refractivity contribution in [2.45, 2.75) is 31.3 Å². The zero-order chi connectivity index (χ0) is 15.5. The number of aryl methyl sites for hydroxylation is 1. The lowest BCUT2D eigenvalue weighted by Crippen LogP contribution is -2.22. The van der Waals surface area contributed by atoms with Crippen molar-refractivity contribution in [1.82, 2.24) is 19.9 Å². The van der Waals surface area contributed by atoms with Crippen LogP contribution in [0.4, 0.5) is 5.95 Å². The average molecular weight is 309 g/mol. The first-order valence-corrected chi connectivity index (χ1v) is 8.05. The quantitative estimate of drug-likeness (QED) is 0.834. The van der Waals surface area contributed by atoms with Crippen LogP contribution in [-0.4, -0.2) is 29.0 Å². The van der Waals surface area contributed by atoms with Gasteiger partial charge in [-0.3, -0.25) is 0 Å². The van der Waals surface area contributed by atoms with Gasteiger partial charge in [0.25, 0.3) is 10.0 Å². The molecule has 2 N–H and O–H groups in total. The molecular weight excluding hydrogens is 290 g/mol. The van der Waals surface area contributed by atoms with Crippen molar-refractivity contribution < 1.29 is 8.42 Å². The third kappa shape index (κ3) is 4.02. The molecule has 114 valence electrons. The first-order valence-electron chi connectivity index (χ1n) is 6.57. The van der Waals surface area contributed by atoms with E-state index < -0.39 is 10.0 Å². The Morgan fingerprint density at radius 1 is 1.29 bits per heavy atom. The summed E-state index contributed by atoms with van der Waals surface area (Å²) < 4.78 is 28.7. The van der Waals surface area contributed by atoms with Gasteiger partial charge in [-0.2, -0.15) is 0 Å². The summed E-state index contributed by atoms with van der Waals surface area (Å²) in [5.74, 6) is 0.0585. The van der Waals surface area contributed by atoms with Crippen molar-refractivity contribution in [2.75, 3.05) is 4.72 Å².